The van der Waals surface area contributed by atoms with Crippen LogP contribution in [-0.4, -0.2) is 34.1 Å². The van der Waals surface area contributed by atoms with Crippen molar-refractivity contribution in [3.63, 3.8) is 0 Å². The Bertz CT molecular complexity index is 1530. The van der Waals surface area contributed by atoms with Crippen LogP contribution in [0.15, 0.2) is 63.2 Å². The molecule has 0 aliphatic rings. The average Bonchev–Trinajstić information content (AvgIpc) is 2.72. The van der Waals surface area contributed by atoms with E-state index in [0.717, 1.165) is 11.1 Å². The topological polar surface area (TPSA) is 118 Å². The van der Waals surface area contributed by atoms with Crippen molar-refractivity contribution in [2.75, 3.05) is 6.61 Å². The standard InChI is InChI=1S/C21H20N4O4S/c1-13-6-7-15(11-14(13)2)30(28,29)17-12-16-20(25(9-10-26)19(17)22)23-18-5-3-4-8-24(18)21(16)27/h3-8,11-12,22,26H,9-10H2,1-2H3. The molecule has 0 atom stereocenters. The van der Waals surface area contributed by atoms with Crippen molar-refractivity contribution in [1.29, 1.82) is 5.41 Å². The molecule has 0 fully saturated rings. The van der Waals surface area contributed by atoms with Gasteiger partial charge in [0.05, 0.1) is 16.9 Å². The van der Waals surface area contributed by atoms with Crippen LogP contribution in [0.3, 0.4) is 0 Å². The highest BCUT2D eigenvalue weighted by Crippen LogP contribution is 2.22. The van der Waals surface area contributed by atoms with Gasteiger partial charge in [-0.2, -0.15) is 0 Å². The van der Waals surface area contributed by atoms with E-state index < -0.39 is 15.4 Å². The summed E-state index contributed by atoms with van der Waals surface area (Å²) in [5.41, 5.74) is 1.50. The molecule has 154 valence electrons. The SMILES string of the molecule is Cc1ccc(S(=O)(=O)c2cc3c(=O)n4ccccc4nc3n(CCO)c2=N)cc1C. The van der Waals surface area contributed by atoms with Crippen LogP contribution in [0.1, 0.15) is 11.1 Å². The van der Waals surface area contributed by atoms with Crippen LogP contribution in [0.25, 0.3) is 16.7 Å². The van der Waals surface area contributed by atoms with Crippen molar-refractivity contribution < 1.29 is 13.5 Å². The van der Waals surface area contributed by atoms with Crippen molar-refractivity contribution in [2.24, 2.45) is 0 Å². The maximum absolute atomic E-state index is 13.4. The number of aromatic nitrogens is 3. The Labute approximate surface area is 172 Å². The average molecular weight is 424 g/mol. The predicted molar refractivity (Wildman–Crippen MR) is 111 cm³/mol. The van der Waals surface area contributed by atoms with Gasteiger partial charge in [-0.05, 0) is 55.3 Å². The molecule has 0 spiro atoms. The molecule has 0 aliphatic heterocycles. The second-order valence-corrected chi connectivity index (χ2v) is 8.98. The van der Waals surface area contributed by atoms with Gasteiger partial charge >= 0.3 is 0 Å². The van der Waals surface area contributed by atoms with Crippen LogP contribution in [0.4, 0.5) is 0 Å². The van der Waals surface area contributed by atoms with Gasteiger partial charge in [-0.25, -0.2) is 13.4 Å². The van der Waals surface area contributed by atoms with E-state index in [4.69, 9.17) is 5.41 Å². The van der Waals surface area contributed by atoms with Gasteiger partial charge < -0.3 is 9.67 Å². The van der Waals surface area contributed by atoms with Crippen LogP contribution in [0.5, 0.6) is 0 Å². The number of aliphatic hydroxyl groups is 1. The quantitative estimate of drug-likeness (QED) is 0.482. The highest BCUT2D eigenvalue weighted by Gasteiger charge is 2.24. The molecule has 4 aromatic rings. The lowest BCUT2D eigenvalue weighted by molar-refractivity contribution is 0.274. The molecule has 0 radical (unpaired) electrons. The van der Waals surface area contributed by atoms with E-state index in [0.29, 0.717) is 5.65 Å². The first-order valence-corrected chi connectivity index (χ1v) is 10.8. The molecule has 0 unspecified atom stereocenters. The van der Waals surface area contributed by atoms with Gasteiger partial charge in [0, 0.05) is 12.7 Å². The summed E-state index contributed by atoms with van der Waals surface area (Å²) in [5, 5.41) is 18.1. The van der Waals surface area contributed by atoms with E-state index in [-0.39, 0.29) is 39.5 Å². The summed E-state index contributed by atoms with van der Waals surface area (Å²) in [6, 6.07) is 11.0. The lowest BCUT2D eigenvalue weighted by Gasteiger charge is -2.14. The van der Waals surface area contributed by atoms with Gasteiger partial charge in [-0.15, -0.1) is 0 Å². The first kappa shape index (κ1) is 20.0. The Kier molecular flexibility index (Phi) is 4.79. The minimum Gasteiger partial charge on any atom is -0.395 e. The van der Waals surface area contributed by atoms with E-state index in [1.165, 1.54) is 21.1 Å². The number of benzene rings is 1. The number of nitrogens with one attached hydrogen (secondary N) is 1. The summed E-state index contributed by atoms with van der Waals surface area (Å²) in [6.07, 6.45) is 1.55. The Morgan fingerprint density at radius 2 is 1.87 bits per heavy atom. The molecule has 3 aromatic heterocycles. The number of pyridine rings is 2. The van der Waals surface area contributed by atoms with Gasteiger partial charge in [-0.3, -0.25) is 14.6 Å². The fourth-order valence-electron chi connectivity index (χ4n) is 3.39. The first-order valence-electron chi connectivity index (χ1n) is 9.28. The first-order chi connectivity index (χ1) is 14.3. The molecular weight excluding hydrogens is 404 g/mol. The molecule has 8 nitrogen and oxygen atoms in total. The van der Waals surface area contributed by atoms with Crippen molar-refractivity contribution in [2.45, 2.75) is 30.2 Å². The minimum absolute atomic E-state index is 0.0443. The number of sulfone groups is 1. The number of fused-ring (bicyclic) bond motifs is 2. The van der Waals surface area contributed by atoms with E-state index in [2.05, 4.69) is 4.98 Å². The van der Waals surface area contributed by atoms with Crippen LogP contribution < -0.4 is 11.0 Å². The maximum atomic E-state index is 13.4. The zero-order valence-corrected chi connectivity index (χ0v) is 17.3. The van der Waals surface area contributed by atoms with Crippen molar-refractivity contribution in [3.8, 4) is 0 Å². The fraction of sp³-hybridized carbons (Fsp3) is 0.190. The number of aliphatic hydroxyl groups excluding tert-OH is 1. The predicted octanol–water partition coefficient (Wildman–Crippen LogP) is 1.57. The molecule has 0 aliphatic carbocycles. The molecule has 2 N–H and O–H groups in total. The molecule has 9 heteroatoms. The second kappa shape index (κ2) is 7.19. The lowest BCUT2D eigenvalue weighted by Crippen LogP contribution is -2.30. The minimum atomic E-state index is -4.08. The Morgan fingerprint density at radius 1 is 1.10 bits per heavy atom. The van der Waals surface area contributed by atoms with Crippen molar-refractivity contribution in [1.82, 2.24) is 14.0 Å². The van der Waals surface area contributed by atoms with Crippen LogP contribution in [0.2, 0.25) is 0 Å². The molecule has 0 saturated carbocycles. The monoisotopic (exact) mass is 424 g/mol. The number of nitrogens with zero attached hydrogens (tertiary/aromatic N) is 3. The summed E-state index contributed by atoms with van der Waals surface area (Å²) < 4.78 is 29.3. The molecule has 3 heterocycles. The van der Waals surface area contributed by atoms with Crippen LogP contribution in [-0.2, 0) is 16.4 Å². The van der Waals surface area contributed by atoms with Crippen molar-refractivity contribution >= 4 is 26.5 Å². The maximum Gasteiger partial charge on any atom is 0.267 e. The molecule has 0 saturated heterocycles. The van der Waals surface area contributed by atoms with E-state index in [9.17, 15) is 18.3 Å². The van der Waals surface area contributed by atoms with Gasteiger partial charge in [0.1, 0.15) is 21.7 Å². The lowest BCUT2D eigenvalue weighted by atomic mass is 10.1. The number of aryl methyl sites for hydroxylation is 2. The Balaban J connectivity index is 2.12. The summed E-state index contributed by atoms with van der Waals surface area (Å²) in [4.78, 5) is 17.2. The molecule has 1 aromatic carbocycles. The van der Waals surface area contributed by atoms with Crippen molar-refractivity contribution in [3.05, 3.63) is 75.6 Å². The van der Waals surface area contributed by atoms with Gasteiger partial charge in [0.2, 0.25) is 9.84 Å². The molecule has 4 rings (SSSR count). The van der Waals surface area contributed by atoms with Gasteiger partial charge in [-0.1, -0.05) is 12.1 Å². The smallest absolute Gasteiger partial charge is 0.267 e. The van der Waals surface area contributed by atoms with Crippen LogP contribution in [0, 0.1) is 19.3 Å². The zero-order valence-electron chi connectivity index (χ0n) is 16.5. The van der Waals surface area contributed by atoms with Gasteiger partial charge in [0.25, 0.3) is 5.56 Å². The number of hydrogen-bond donors (Lipinski definition) is 2. The highest BCUT2D eigenvalue weighted by atomic mass is 32.2. The largest absolute Gasteiger partial charge is 0.395 e. The highest BCUT2D eigenvalue weighted by molar-refractivity contribution is 7.91. The Hall–Kier alpha value is -3.30. The third kappa shape index (κ3) is 3.03. The summed E-state index contributed by atoms with van der Waals surface area (Å²) >= 11 is 0. The molecule has 0 bridgehead atoms. The van der Waals surface area contributed by atoms with E-state index >= 15 is 0 Å². The van der Waals surface area contributed by atoms with E-state index in [1.54, 1.807) is 36.5 Å². The Morgan fingerprint density at radius 3 is 2.57 bits per heavy atom. The second-order valence-electron chi connectivity index (χ2n) is 7.07. The number of rotatable bonds is 4. The van der Waals surface area contributed by atoms with Crippen LogP contribution >= 0.6 is 0 Å². The summed E-state index contributed by atoms with van der Waals surface area (Å²) in [5.74, 6) is 0. The third-order valence-corrected chi connectivity index (χ3v) is 6.95. The van der Waals surface area contributed by atoms with Gasteiger partial charge in [0.15, 0.2) is 0 Å². The summed E-state index contributed by atoms with van der Waals surface area (Å²) in [6.45, 7) is 3.28. The third-order valence-electron chi connectivity index (χ3n) is 5.19. The number of hydrogen-bond acceptors (Lipinski definition) is 6. The molecule has 0 amide bonds. The van der Waals surface area contributed by atoms with E-state index in [1.807, 2.05) is 13.8 Å². The molecule has 30 heavy (non-hydrogen) atoms. The fourth-order valence-corrected chi connectivity index (χ4v) is 4.86. The normalized spacial score (nSPS) is 12.0. The zero-order chi connectivity index (χ0) is 21.6. The summed E-state index contributed by atoms with van der Waals surface area (Å²) in [7, 11) is -4.08. The molecular formula is C21H20N4O4S.